The zero-order valence-electron chi connectivity index (χ0n) is 14.1. The fraction of sp³-hybridized carbons (Fsp3) is 0.250. The molecule has 122 valence electrons. The molecule has 0 unspecified atom stereocenters. The zero-order chi connectivity index (χ0) is 16.9. The van der Waals surface area contributed by atoms with Gasteiger partial charge in [0.2, 0.25) is 0 Å². The van der Waals surface area contributed by atoms with Gasteiger partial charge in [-0.3, -0.25) is 4.90 Å². The second-order valence-corrected chi connectivity index (χ2v) is 6.03. The Kier molecular flexibility index (Phi) is 4.83. The predicted octanol–water partition coefficient (Wildman–Crippen LogP) is 3.63. The molecule has 0 saturated carbocycles. The molecule has 0 radical (unpaired) electrons. The van der Waals surface area contributed by atoms with E-state index in [4.69, 9.17) is 4.74 Å². The molecule has 0 bridgehead atoms. The minimum atomic E-state index is 0.620. The van der Waals surface area contributed by atoms with Crippen molar-refractivity contribution < 1.29 is 4.74 Å². The van der Waals surface area contributed by atoms with Crippen LogP contribution in [0.3, 0.4) is 0 Å². The van der Waals surface area contributed by atoms with Gasteiger partial charge in [-0.1, -0.05) is 23.8 Å². The van der Waals surface area contributed by atoms with Crippen LogP contribution < -0.4 is 4.74 Å². The average Bonchev–Trinajstić information content (AvgIpc) is 2.93. The van der Waals surface area contributed by atoms with Gasteiger partial charge in [0.25, 0.3) is 0 Å². The number of nitrogens with zero attached hydrogens (tertiary/aromatic N) is 3. The molecule has 0 aliphatic carbocycles. The third-order valence-electron chi connectivity index (χ3n) is 4.08. The van der Waals surface area contributed by atoms with E-state index in [1.807, 2.05) is 66.3 Å². The van der Waals surface area contributed by atoms with Crippen molar-refractivity contribution in [2.75, 3.05) is 20.2 Å². The lowest BCUT2D eigenvalue weighted by Gasteiger charge is -2.16. The second-order valence-electron chi connectivity index (χ2n) is 6.03. The van der Waals surface area contributed by atoms with E-state index < -0.39 is 0 Å². The molecule has 3 aromatic rings. The highest BCUT2D eigenvalue weighted by Gasteiger charge is 2.11. The van der Waals surface area contributed by atoms with Crippen molar-refractivity contribution in [2.45, 2.75) is 13.5 Å². The molecule has 2 aromatic heterocycles. The quantitative estimate of drug-likeness (QED) is 0.696. The van der Waals surface area contributed by atoms with E-state index in [2.05, 4.69) is 17.9 Å². The summed E-state index contributed by atoms with van der Waals surface area (Å²) in [5, 5.41) is 9.46. The van der Waals surface area contributed by atoms with Gasteiger partial charge in [0.15, 0.2) is 0 Å². The molecule has 4 heteroatoms. The van der Waals surface area contributed by atoms with Crippen LogP contribution in [0, 0.1) is 18.3 Å². The number of likely N-dealkylation sites (N-methyl/N-ethyl adjacent to an activating group) is 1. The van der Waals surface area contributed by atoms with Crippen molar-refractivity contribution in [3.05, 3.63) is 71.5 Å². The van der Waals surface area contributed by atoms with Gasteiger partial charge in [-0.2, -0.15) is 5.26 Å². The fourth-order valence-corrected chi connectivity index (χ4v) is 2.75. The van der Waals surface area contributed by atoms with Gasteiger partial charge in [0.05, 0.1) is 11.1 Å². The first-order chi connectivity index (χ1) is 11.7. The minimum Gasteiger partial charge on any atom is -0.492 e. The third-order valence-corrected chi connectivity index (χ3v) is 4.08. The number of pyridine rings is 1. The van der Waals surface area contributed by atoms with Crippen LogP contribution in [-0.2, 0) is 6.54 Å². The van der Waals surface area contributed by atoms with Crippen molar-refractivity contribution in [3.8, 4) is 11.8 Å². The Morgan fingerprint density at radius 1 is 1.17 bits per heavy atom. The highest BCUT2D eigenvalue weighted by Crippen LogP contribution is 2.19. The number of aromatic nitrogens is 1. The van der Waals surface area contributed by atoms with Gasteiger partial charge in [-0.25, -0.2) is 0 Å². The number of rotatable bonds is 6. The summed E-state index contributed by atoms with van der Waals surface area (Å²) >= 11 is 0. The summed E-state index contributed by atoms with van der Waals surface area (Å²) in [6, 6.07) is 16.3. The van der Waals surface area contributed by atoms with Crippen LogP contribution in [-0.4, -0.2) is 29.5 Å². The third kappa shape index (κ3) is 3.58. The van der Waals surface area contributed by atoms with Crippen LogP contribution in [0.2, 0.25) is 0 Å². The number of aryl methyl sites for hydroxylation is 1. The Balaban J connectivity index is 1.60. The van der Waals surface area contributed by atoms with E-state index in [0.717, 1.165) is 35.5 Å². The number of hydrogen-bond acceptors (Lipinski definition) is 3. The minimum absolute atomic E-state index is 0.620. The average molecular weight is 319 g/mol. The lowest BCUT2D eigenvalue weighted by Crippen LogP contribution is -2.24. The van der Waals surface area contributed by atoms with Gasteiger partial charge < -0.3 is 9.14 Å². The molecule has 3 rings (SSSR count). The van der Waals surface area contributed by atoms with E-state index in [1.165, 1.54) is 5.56 Å². The van der Waals surface area contributed by atoms with Gasteiger partial charge >= 0.3 is 0 Å². The van der Waals surface area contributed by atoms with Crippen LogP contribution in [0.15, 0.2) is 54.9 Å². The molecule has 0 spiro atoms. The highest BCUT2D eigenvalue weighted by atomic mass is 16.5. The molecule has 0 fully saturated rings. The number of hydrogen-bond donors (Lipinski definition) is 0. The van der Waals surface area contributed by atoms with Crippen molar-refractivity contribution in [3.63, 3.8) is 0 Å². The maximum Gasteiger partial charge on any atom is 0.119 e. The van der Waals surface area contributed by atoms with Gasteiger partial charge in [-0.15, -0.1) is 0 Å². The predicted molar refractivity (Wildman–Crippen MR) is 95.1 cm³/mol. The Morgan fingerprint density at radius 2 is 1.96 bits per heavy atom. The summed E-state index contributed by atoms with van der Waals surface area (Å²) in [7, 11) is 2.04. The van der Waals surface area contributed by atoms with Crippen LogP contribution in [0.4, 0.5) is 0 Å². The molecule has 0 saturated heterocycles. The normalized spacial score (nSPS) is 10.9. The molecular weight excluding hydrogens is 298 g/mol. The van der Waals surface area contributed by atoms with E-state index >= 15 is 0 Å². The molecule has 0 atom stereocenters. The Labute approximate surface area is 142 Å². The molecule has 0 N–H and O–H groups in total. The van der Waals surface area contributed by atoms with Crippen molar-refractivity contribution >= 4 is 5.52 Å². The molecular formula is C20H21N3O. The van der Waals surface area contributed by atoms with Crippen LogP contribution in [0.1, 0.15) is 16.7 Å². The zero-order valence-corrected chi connectivity index (χ0v) is 14.1. The summed E-state index contributed by atoms with van der Waals surface area (Å²) < 4.78 is 7.78. The topological polar surface area (TPSA) is 40.7 Å². The first kappa shape index (κ1) is 16.1. The van der Waals surface area contributed by atoms with E-state index in [0.29, 0.717) is 6.61 Å². The van der Waals surface area contributed by atoms with E-state index in [1.54, 1.807) is 0 Å². The molecule has 2 heterocycles. The van der Waals surface area contributed by atoms with Crippen LogP contribution in [0.5, 0.6) is 5.75 Å². The monoisotopic (exact) mass is 319 g/mol. The number of benzene rings is 1. The van der Waals surface area contributed by atoms with Crippen LogP contribution >= 0.6 is 0 Å². The second kappa shape index (κ2) is 7.20. The lowest BCUT2D eigenvalue weighted by molar-refractivity contribution is 0.233. The standard InChI is InChI=1S/C20H21N3O/c1-16-6-8-18(9-7-16)24-12-11-22(2)14-17-15-23-10-4-3-5-20(23)19(17)13-21/h3-10,15H,11-12,14H2,1-2H3. The summed E-state index contributed by atoms with van der Waals surface area (Å²) in [6.07, 6.45) is 4.01. The molecule has 0 amide bonds. The Bertz CT molecular complexity index is 859. The van der Waals surface area contributed by atoms with Gasteiger partial charge in [0.1, 0.15) is 18.4 Å². The molecule has 1 aromatic carbocycles. The first-order valence-electron chi connectivity index (χ1n) is 8.04. The first-order valence-corrected chi connectivity index (χ1v) is 8.04. The summed E-state index contributed by atoms with van der Waals surface area (Å²) in [5.74, 6) is 0.890. The smallest absolute Gasteiger partial charge is 0.119 e. The van der Waals surface area contributed by atoms with E-state index in [-0.39, 0.29) is 0 Å². The summed E-state index contributed by atoms with van der Waals surface area (Å²) in [5.41, 5.74) is 3.98. The maximum atomic E-state index is 9.46. The molecule has 0 aliphatic heterocycles. The molecule has 0 aliphatic rings. The Morgan fingerprint density at radius 3 is 2.71 bits per heavy atom. The highest BCUT2D eigenvalue weighted by molar-refractivity contribution is 5.65. The van der Waals surface area contributed by atoms with Crippen LogP contribution in [0.25, 0.3) is 5.52 Å². The number of nitriles is 1. The largest absolute Gasteiger partial charge is 0.492 e. The Hall–Kier alpha value is -2.77. The molecule has 4 nitrogen and oxygen atoms in total. The fourth-order valence-electron chi connectivity index (χ4n) is 2.75. The van der Waals surface area contributed by atoms with Crippen molar-refractivity contribution in [2.24, 2.45) is 0 Å². The molecule has 24 heavy (non-hydrogen) atoms. The maximum absolute atomic E-state index is 9.46. The van der Waals surface area contributed by atoms with Crippen molar-refractivity contribution in [1.29, 1.82) is 5.26 Å². The number of ether oxygens (including phenoxy) is 1. The summed E-state index contributed by atoms with van der Waals surface area (Å²) in [4.78, 5) is 2.17. The summed E-state index contributed by atoms with van der Waals surface area (Å²) in [6.45, 7) is 4.20. The SMILES string of the molecule is Cc1ccc(OCCN(C)Cc2cn3ccccc3c2C#N)cc1. The number of fused-ring (bicyclic) bond motifs is 1. The lowest BCUT2D eigenvalue weighted by atomic mass is 10.1. The van der Waals surface area contributed by atoms with Gasteiger partial charge in [0, 0.05) is 31.0 Å². The van der Waals surface area contributed by atoms with Gasteiger partial charge in [-0.05, 0) is 38.2 Å². The van der Waals surface area contributed by atoms with Crippen molar-refractivity contribution in [1.82, 2.24) is 9.30 Å². The van der Waals surface area contributed by atoms with E-state index in [9.17, 15) is 5.26 Å².